The maximum atomic E-state index is 11.5. The number of ether oxygens (including phenoxy) is 2. The lowest BCUT2D eigenvalue weighted by Gasteiger charge is -2.31. The molecule has 4 rings (SSSR count). The van der Waals surface area contributed by atoms with Crippen molar-refractivity contribution in [2.45, 2.75) is 37.8 Å². The summed E-state index contributed by atoms with van der Waals surface area (Å²) in [5.74, 6) is 1.13. The molecule has 1 aliphatic carbocycles. The number of piperidine rings is 1. The third-order valence-electron chi connectivity index (χ3n) is 5.38. The minimum Gasteiger partial charge on any atom is -0.473 e. The van der Waals surface area contributed by atoms with Crippen LogP contribution in [0.2, 0.25) is 0 Å². The summed E-state index contributed by atoms with van der Waals surface area (Å²) in [6.45, 7) is 1.88. The number of rotatable bonds is 6. The Bertz CT molecular complexity index is 804. The lowest BCUT2D eigenvalue weighted by molar-refractivity contribution is -0.142. The van der Waals surface area contributed by atoms with E-state index in [1.807, 2.05) is 6.07 Å². The first-order valence-corrected chi connectivity index (χ1v) is 9.81. The molecular weight excluding hydrogens is 356 g/mol. The average molecular weight is 382 g/mol. The van der Waals surface area contributed by atoms with Crippen LogP contribution in [-0.2, 0) is 22.4 Å². The fraction of sp³-hybridized carbons (Fsp3) is 0.476. The maximum Gasteiger partial charge on any atom is 0.319 e. The molecule has 2 heterocycles. The minimum absolute atomic E-state index is 0.0110. The second kappa shape index (κ2) is 8.56. The van der Waals surface area contributed by atoms with Crippen molar-refractivity contribution < 1.29 is 14.3 Å². The average Bonchev–Trinajstić information content (AvgIpc) is 3.10. The molecule has 2 aromatic rings. The molecule has 148 valence electrons. The van der Waals surface area contributed by atoms with Crippen molar-refractivity contribution >= 4 is 11.8 Å². The van der Waals surface area contributed by atoms with Crippen LogP contribution in [0.15, 0.2) is 36.7 Å². The van der Waals surface area contributed by atoms with Gasteiger partial charge in [0, 0.05) is 18.7 Å². The maximum absolute atomic E-state index is 11.5. The first-order chi connectivity index (χ1) is 13.7. The number of aromatic nitrogens is 2. The summed E-state index contributed by atoms with van der Waals surface area (Å²) in [7, 11) is 1.42. The Morgan fingerprint density at radius 3 is 2.79 bits per heavy atom. The number of carbonyl (C=O) groups is 1. The summed E-state index contributed by atoms with van der Waals surface area (Å²) >= 11 is 0. The normalized spacial score (nSPS) is 19.8. The highest BCUT2D eigenvalue weighted by Crippen LogP contribution is 2.25. The van der Waals surface area contributed by atoms with E-state index in [-0.39, 0.29) is 12.1 Å². The van der Waals surface area contributed by atoms with Crippen LogP contribution in [0.5, 0.6) is 5.88 Å². The van der Waals surface area contributed by atoms with Crippen molar-refractivity contribution in [2.75, 3.05) is 32.1 Å². The molecule has 2 aliphatic rings. The molecule has 0 saturated carbocycles. The van der Waals surface area contributed by atoms with Crippen molar-refractivity contribution in [1.82, 2.24) is 14.9 Å². The number of methoxy groups -OCH3 is 1. The van der Waals surface area contributed by atoms with E-state index in [1.165, 1.54) is 24.6 Å². The number of esters is 1. The lowest BCUT2D eigenvalue weighted by atomic mass is 10.1. The molecule has 0 spiro atoms. The SMILES string of the molecule is COC(=O)CN1CCCC(Oc2cc(NC3Cc4ccccc4C3)ncn2)C1. The van der Waals surface area contributed by atoms with Gasteiger partial charge >= 0.3 is 5.97 Å². The quantitative estimate of drug-likeness (QED) is 0.767. The lowest BCUT2D eigenvalue weighted by Crippen LogP contribution is -2.43. The molecule has 1 fully saturated rings. The Morgan fingerprint density at radius 1 is 1.25 bits per heavy atom. The molecule has 1 N–H and O–H groups in total. The van der Waals surface area contributed by atoms with Gasteiger partial charge in [0.15, 0.2) is 0 Å². The van der Waals surface area contributed by atoms with E-state index >= 15 is 0 Å². The van der Waals surface area contributed by atoms with Gasteiger partial charge in [-0.05, 0) is 43.4 Å². The summed E-state index contributed by atoms with van der Waals surface area (Å²) in [5, 5.41) is 3.51. The van der Waals surface area contributed by atoms with Crippen LogP contribution in [0.1, 0.15) is 24.0 Å². The summed E-state index contributed by atoms with van der Waals surface area (Å²) < 4.78 is 10.8. The van der Waals surface area contributed by atoms with Crippen molar-refractivity contribution in [3.8, 4) is 5.88 Å². The zero-order valence-corrected chi connectivity index (χ0v) is 16.1. The molecule has 0 bridgehead atoms. The predicted octanol–water partition coefficient (Wildman–Crippen LogP) is 2.07. The Hall–Kier alpha value is -2.67. The van der Waals surface area contributed by atoms with Gasteiger partial charge in [-0.1, -0.05) is 24.3 Å². The highest BCUT2D eigenvalue weighted by atomic mass is 16.5. The van der Waals surface area contributed by atoms with Gasteiger partial charge in [0.25, 0.3) is 0 Å². The number of nitrogens with one attached hydrogen (secondary N) is 1. The highest BCUT2D eigenvalue weighted by Gasteiger charge is 2.24. The first-order valence-electron chi connectivity index (χ1n) is 9.81. The number of fused-ring (bicyclic) bond motifs is 1. The second-order valence-corrected chi connectivity index (χ2v) is 7.45. The summed E-state index contributed by atoms with van der Waals surface area (Å²) in [6, 6.07) is 10.8. The third kappa shape index (κ3) is 4.59. The van der Waals surface area contributed by atoms with Gasteiger partial charge in [-0.3, -0.25) is 9.69 Å². The van der Waals surface area contributed by atoms with Gasteiger partial charge in [0.05, 0.1) is 13.7 Å². The van der Waals surface area contributed by atoms with Crippen LogP contribution >= 0.6 is 0 Å². The molecule has 0 radical (unpaired) electrons. The van der Waals surface area contributed by atoms with Crippen LogP contribution in [0, 0.1) is 0 Å². The zero-order chi connectivity index (χ0) is 19.3. The monoisotopic (exact) mass is 382 g/mol. The van der Waals surface area contributed by atoms with E-state index in [2.05, 4.69) is 44.5 Å². The fourth-order valence-electron chi connectivity index (χ4n) is 4.02. The molecule has 28 heavy (non-hydrogen) atoms. The minimum atomic E-state index is -0.216. The van der Waals surface area contributed by atoms with Gasteiger partial charge in [0.2, 0.25) is 5.88 Å². The van der Waals surface area contributed by atoms with Crippen LogP contribution in [0.3, 0.4) is 0 Å². The fourth-order valence-corrected chi connectivity index (χ4v) is 4.02. The van der Waals surface area contributed by atoms with E-state index in [4.69, 9.17) is 9.47 Å². The van der Waals surface area contributed by atoms with Gasteiger partial charge in [-0.25, -0.2) is 9.97 Å². The van der Waals surface area contributed by atoms with E-state index in [0.717, 1.165) is 38.0 Å². The van der Waals surface area contributed by atoms with Gasteiger partial charge < -0.3 is 14.8 Å². The molecule has 0 amide bonds. The van der Waals surface area contributed by atoms with Crippen LogP contribution < -0.4 is 10.1 Å². The second-order valence-electron chi connectivity index (χ2n) is 7.45. The number of hydrogen-bond acceptors (Lipinski definition) is 7. The van der Waals surface area contributed by atoms with Gasteiger partial charge in [0.1, 0.15) is 18.2 Å². The highest BCUT2D eigenvalue weighted by molar-refractivity contribution is 5.71. The summed E-state index contributed by atoms with van der Waals surface area (Å²) in [4.78, 5) is 22.2. The molecule has 1 unspecified atom stereocenters. The predicted molar refractivity (Wildman–Crippen MR) is 105 cm³/mol. The van der Waals surface area contributed by atoms with Gasteiger partial charge in [-0.2, -0.15) is 0 Å². The van der Waals surface area contributed by atoms with Crippen LogP contribution in [-0.4, -0.2) is 59.7 Å². The molecule has 1 atom stereocenters. The standard InChI is InChI=1S/C21H26N4O3/c1-27-21(26)13-25-8-4-7-18(12-25)28-20-11-19(22-14-23-20)24-17-9-15-5-2-3-6-16(15)10-17/h2-3,5-6,11,14,17-18H,4,7-10,12-13H2,1H3,(H,22,23,24). The number of hydrogen-bond donors (Lipinski definition) is 1. The molecule has 1 aromatic carbocycles. The Balaban J connectivity index is 1.33. The van der Waals surface area contributed by atoms with E-state index in [9.17, 15) is 4.79 Å². The van der Waals surface area contributed by atoms with Crippen LogP contribution in [0.4, 0.5) is 5.82 Å². The Kier molecular flexibility index (Phi) is 5.71. The molecule has 1 saturated heterocycles. The van der Waals surface area contributed by atoms with Crippen molar-refractivity contribution in [3.05, 3.63) is 47.8 Å². The number of likely N-dealkylation sites (tertiary alicyclic amines) is 1. The van der Waals surface area contributed by atoms with E-state index < -0.39 is 0 Å². The van der Waals surface area contributed by atoms with Crippen molar-refractivity contribution in [3.63, 3.8) is 0 Å². The van der Waals surface area contributed by atoms with E-state index in [0.29, 0.717) is 25.0 Å². The van der Waals surface area contributed by atoms with Gasteiger partial charge in [-0.15, -0.1) is 0 Å². The van der Waals surface area contributed by atoms with Crippen molar-refractivity contribution in [1.29, 1.82) is 0 Å². The Labute approximate surface area is 165 Å². The number of carbonyl (C=O) groups excluding carboxylic acids is 1. The topological polar surface area (TPSA) is 76.6 Å². The Morgan fingerprint density at radius 2 is 2.04 bits per heavy atom. The zero-order valence-electron chi connectivity index (χ0n) is 16.1. The summed E-state index contributed by atoms with van der Waals surface area (Å²) in [6.07, 6.45) is 5.48. The number of nitrogens with zero attached hydrogens (tertiary/aromatic N) is 3. The molecule has 1 aliphatic heterocycles. The molecule has 1 aromatic heterocycles. The number of anilines is 1. The van der Waals surface area contributed by atoms with Crippen LogP contribution in [0.25, 0.3) is 0 Å². The summed E-state index contributed by atoms with van der Waals surface area (Å²) in [5.41, 5.74) is 2.80. The number of benzene rings is 1. The molecule has 7 heteroatoms. The largest absolute Gasteiger partial charge is 0.473 e. The van der Waals surface area contributed by atoms with E-state index in [1.54, 1.807) is 0 Å². The first kappa shape index (κ1) is 18.7. The molecular formula is C21H26N4O3. The van der Waals surface area contributed by atoms with Crippen molar-refractivity contribution in [2.24, 2.45) is 0 Å². The third-order valence-corrected chi connectivity index (χ3v) is 5.38. The smallest absolute Gasteiger partial charge is 0.319 e. The molecule has 7 nitrogen and oxygen atoms in total.